The van der Waals surface area contributed by atoms with Crippen molar-refractivity contribution in [2.24, 2.45) is 5.14 Å². The zero-order valence-electron chi connectivity index (χ0n) is 15.3. The highest BCUT2D eigenvalue weighted by Crippen LogP contribution is 2.36. The molecule has 1 amide bonds. The van der Waals surface area contributed by atoms with Gasteiger partial charge >= 0.3 is 0 Å². The average Bonchev–Trinajstić information content (AvgIpc) is 3.00. The van der Waals surface area contributed by atoms with Crippen LogP contribution in [0.3, 0.4) is 0 Å². The fraction of sp³-hybridized carbons (Fsp3) is 0.150. The first-order valence-corrected chi connectivity index (χ1v) is 11.2. The minimum atomic E-state index is -3.80. The molecule has 0 aliphatic heterocycles. The Labute approximate surface area is 173 Å². The maximum absolute atomic E-state index is 12.6. The maximum atomic E-state index is 12.6. The van der Waals surface area contributed by atoms with Crippen LogP contribution >= 0.6 is 22.9 Å². The van der Waals surface area contributed by atoms with Gasteiger partial charge in [-0.25, -0.2) is 13.6 Å². The van der Waals surface area contributed by atoms with E-state index in [1.54, 1.807) is 25.3 Å². The topological polar surface area (TPSA) is 80.5 Å². The molecule has 1 unspecified atom stereocenters. The Morgan fingerprint density at radius 1 is 1.21 bits per heavy atom. The van der Waals surface area contributed by atoms with Gasteiger partial charge in [-0.1, -0.05) is 41.9 Å². The van der Waals surface area contributed by atoms with Gasteiger partial charge in [-0.05, 0) is 36.8 Å². The Kier molecular flexibility index (Phi) is 5.90. The molecule has 2 aromatic carbocycles. The number of halogens is 1. The van der Waals surface area contributed by atoms with Crippen molar-refractivity contribution in [3.05, 3.63) is 70.1 Å². The molecule has 0 spiro atoms. The van der Waals surface area contributed by atoms with Gasteiger partial charge in [0.25, 0.3) is 0 Å². The van der Waals surface area contributed by atoms with E-state index in [2.05, 4.69) is 0 Å². The molecule has 0 radical (unpaired) electrons. The molecule has 1 aromatic heterocycles. The summed E-state index contributed by atoms with van der Waals surface area (Å²) in [7, 11) is -2.14. The van der Waals surface area contributed by atoms with Gasteiger partial charge in [0.1, 0.15) is 0 Å². The predicted octanol–water partition coefficient (Wildman–Crippen LogP) is 4.43. The molecule has 2 N–H and O–H groups in total. The fourth-order valence-corrected chi connectivity index (χ4v) is 4.74. The first kappa shape index (κ1) is 20.5. The number of amides is 1. The Balaban J connectivity index is 1.80. The molecule has 0 saturated heterocycles. The normalized spacial score (nSPS) is 13.1. The summed E-state index contributed by atoms with van der Waals surface area (Å²) in [4.78, 5) is 15.0. The lowest BCUT2D eigenvalue weighted by Gasteiger charge is -2.24. The number of nitrogens with zero attached hydrogens (tertiary/aromatic N) is 1. The van der Waals surface area contributed by atoms with E-state index in [1.807, 2.05) is 31.2 Å². The first-order valence-electron chi connectivity index (χ1n) is 8.43. The Morgan fingerprint density at radius 2 is 1.93 bits per heavy atom. The van der Waals surface area contributed by atoms with Gasteiger partial charge in [0.15, 0.2) is 0 Å². The second-order valence-electron chi connectivity index (χ2n) is 6.35. The Bertz CT molecular complexity index is 1170. The Morgan fingerprint density at radius 3 is 2.61 bits per heavy atom. The van der Waals surface area contributed by atoms with Gasteiger partial charge < -0.3 is 4.90 Å². The lowest BCUT2D eigenvalue weighted by atomic mass is 10.1. The number of thiophene rings is 1. The SMILES string of the molecule is CC(c1cccc(S(N)(=O)=O)c1)N(C)C(=O)/C=C/c1sc2ccccc2c1Cl. The number of hydrogen-bond donors (Lipinski definition) is 1. The highest BCUT2D eigenvalue weighted by atomic mass is 35.5. The third kappa shape index (κ3) is 4.28. The third-order valence-electron chi connectivity index (χ3n) is 4.53. The monoisotopic (exact) mass is 434 g/mol. The quantitative estimate of drug-likeness (QED) is 0.603. The van der Waals surface area contributed by atoms with Crippen LogP contribution in [0.2, 0.25) is 5.02 Å². The van der Waals surface area contributed by atoms with Crippen LogP contribution in [-0.2, 0) is 14.8 Å². The summed E-state index contributed by atoms with van der Waals surface area (Å²) in [5.74, 6) is -0.220. The van der Waals surface area contributed by atoms with Crippen molar-refractivity contribution < 1.29 is 13.2 Å². The lowest BCUT2D eigenvalue weighted by Crippen LogP contribution is -2.28. The van der Waals surface area contributed by atoms with Crippen molar-refractivity contribution in [2.75, 3.05) is 7.05 Å². The number of carbonyl (C=O) groups excluding carboxylic acids is 1. The van der Waals surface area contributed by atoms with E-state index in [0.717, 1.165) is 15.0 Å². The van der Waals surface area contributed by atoms with E-state index in [0.29, 0.717) is 10.6 Å². The minimum absolute atomic E-state index is 0.0188. The van der Waals surface area contributed by atoms with Crippen LogP contribution in [0.1, 0.15) is 23.4 Å². The molecule has 0 fully saturated rings. The second kappa shape index (κ2) is 8.05. The average molecular weight is 435 g/mol. The van der Waals surface area contributed by atoms with Crippen LogP contribution in [0, 0.1) is 0 Å². The predicted molar refractivity (Wildman–Crippen MR) is 115 cm³/mol. The summed E-state index contributed by atoms with van der Waals surface area (Å²) in [6.45, 7) is 1.82. The largest absolute Gasteiger partial charge is 0.335 e. The molecule has 28 heavy (non-hydrogen) atoms. The summed E-state index contributed by atoms with van der Waals surface area (Å²) in [6, 6.07) is 13.7. The van der Waals surface area contributed by atoms with Crippen molar-refractivity contribution in [1.82, 2.24) is 4.90 Å². The van der Waals surface area contributed by atoms with E-state index in [1.165, 1.54) is 34.4 Å². The molecule has 0 bridgehead atoms. The van der Waals surface area contributed by atoms with Crippen molar-refractivity contribution in [3.8, 4) is 0 Å². The molecule has 1 heterocycles. The van der Waals surface area contributed by atoms with Crippen LogP contribution in [0.15, 0.2) is 59.5 Å². The third-order valence-corrected chi connectivity index (χ3v) is 7.10. The number of benzene rings is 2. The molecule has 1 atom stereocenters. The number of rotatable bonds is 5. The fourth-order valence-electron chi connectivity index (χ4n) is 2.77. The number of carbonyl (C=O) groups is 1. The van der Waals surface area contributed by atoms with Gasteiger partial charge in [0.2, 0.25) is 15.9 Å². The van der Waals surface area contributed by atoms with Gasteiger partial charge in [0, 0.05) is 28.1 Å². The second-order valence-corrected chi connectivity index (χ2v) is 9.38. The van der Waals surface area contributed by atoms with Crippen molar-refractivity contribution in [2.45, 2.75) is 17.9 Å². The smallest absolute Gasteiger partial charge is 0.246 e. The van der Waals surface area contributed by atoms with E-state index in [4.69, 9.17) is 16.7 Å². The van der Waals surface area contributed by atoms with Crippen LogP contribution in [0.4, 0.5) is 0 Å². The lowest BCUT2D eigenvalue weighted by molar-refractivity contribution is -0.126. The van der Waals surface area contributed by atoms with E-state index in [9.17, 15) is 13.2 Å². The summed E-state index contributed by atoms with van der Waals surface area (Å²) >= 11 is 7.92. The summed E-state index contributed by atoms with van der Waals surface area (Å²) in [6.07, 6.45) is 3.18. The summed E-state index contributed by atoms with van der Waals surface area (Å²) in [5, 5.41) is 6.78. The molecule has 0 aliphatic carbocycles. The number of fused-ring (bicyclic) bond motifs is 1. The molecule has 3 aromatic rings. The standard InChI is InChI=1S/C20H19ClN2O3S2/c1-13(14-6-5-7-15(12-14)28(22,25)26)23(2)19(24)11-10-18-20(21)16-8-3-4-9-17(16)27-18/h3-13H,1-2H3,(H2,22,25,26)/b11-10+. The molecule has 0 aliphatic rings. The Hall–Kier alpha value is -2.19. The van der Waals surface area contributed by atoms with Crippen LogP contribution in [0.25, 0.3) is 16.2 Å². The molecular formula is C20H19ClN2O3S2. The molecule has 3 rings (SSSR count). The van der Waals surface area contributed by atoms with E-state index in [-0.39, 0.29) is 16.8 Å². The zero-order chi connectivity index (χ0) is 20.5. The van der Waals surface area contributed by atoms with Crippen molar-refractivity contribution >= 4 is 55.0 Å². The number of nitrogens with two attached hydrogens (primary N) is 1. The summed E-state index contributed by atoms with van der Waals surface area (Å²) in [5.41, 5.74) is 0.677. The van der Waals surface area contributed by atoms with Crippen LogP contribution < -0.4 is 5.14 Å². The van der Waals surface area contributed by atoms with Crippen molar-refractivity contribution in [3.63, 3.8) is 0 Å². The molecule has 5 nitrogen and oxygen atoms in total. The van der Waals surface area contributed by atoms with Crippen LogP contribution in [-0.4, -0.2) is 26.3 Å². The summed E-state index contributed by atoms with van der Waals surface area (Å²) < 4.78 is 24.2. The molecule has 0 saturated carbocycles. The van der Waals surface area contributed by atoms with E-state index >= 15 is 0 Å². The number of hydrogen-bond acceptors (Lipinski definition) is 4. The maximum Gasteiger partial charge on any atom is 0.246 e. The van der Waals surface area contributed by atoms with Gasteiger partial charge in [-0.3, -0.25) is 4.79 Å². The molecular weight excluding hydrogens is 416 g/mol. The number of primary sulfonamides is 1. The van der Waals surface area contributed by atoms with Gasteiger partial charge in [-0.15, -0.1) is 11.3 Å². The molecule has 8 heteroatoms. The minimum Gasteiger partial charge on any atom is -0.335 e. The van der Waals surface area contributed by atoms with E-state index < -0.39 is 10.0 Å². The van der Waals surface area contributed by atoms with Gasteiger partial charge in [-0.2, -0.15) is 0 Å². The highest BCUT2D eigenvalue weighted by Gasteiger charge is 2.18. The van der Waals surface area contributed by atoms with Gasteiger partial charge in [0.05, 0.1) is 16.0 Å². The van der Waals surface area contributed by atoms with Crippen molar-refractivity contribution in [1.29, 1.82) is 0 Å². The highest BCUT2D eigenvalue weighted by molar-refractivity contribution is 7.89. The molecule has 146 valence electrons. The number of sulfonamides is 1. The zero-order valence-corrected chi connectivity index (χ0v) is 17.7. The number of likely N-dealkylation sites (N-methyl/N-ethyl adjacent to an activating group) is 1. The van der Waals surface area contributed by atoms with Crippen LogP contribution in [0.5, 0.6) is 0 Å². The first-order chi connectivity index (χ1) is 13.2.